The van der Waals surface area contributed by atoms with Gasteiger partial charge in [-0.2, -0.15) is 0 Å². The number of ether oxygens (including phenoxy) is 2. The Morgan fingerprint density at radius 1 is 1.15 bits per heavy atom. The lowest BCUT2D eigenvalue weighted by Gasteiger charge is -2.24. The van der Waals surface area contributed by atoms with Crippen molar-refractivity contribution in [2.45, 2.75) is 18.7 Å². The quantitative estimate of drug-likeness (QED) is 0.690. The first-order valence-corrected chi connectivity index (χ1v) is 9.32. The van der Waals surface area contributed by atoms with Crippen LogP contribution in [0.15, 0.2) is 47.4 Å². The zero-order valence-corrected chi connectivity index (χ0v) is 15.5. The molecule has 0 aliphatic carbocycles. The number of aryl methyl sites for hydroxylation is 1. The molecule has 0 atom stereocenters. The average molecular weight is 381 g/mol. The summed E-state index contributed by atoms with van der Waals surface area (Å²) in [5, 5.41) is 0. The van der Waals surface area contributed by atoms with E-state index in [4.69, 9.17) is 9.47 Å². The van der Waals surface area contributed by atoms with Gasteiger partial charge in [0.15, 0.2) is 0 Å². The topological polar surface area (TPSA) is 72.9 Å². The van der Waals surface area contributed by atoms with Crippen LogP contribution in [0.5, 0.6) is 5.75 Å². The Morgan fingerprint density at radius 2 is 1.81 bits per heavy atom. The van der Waals surface area contributed by atoms with Crippen LogP contribution in [0.2, 0.25) is 0 Å². The third kappa shape index (κ3) is 4.32. The fourth-order valence-corrected chi connectivity index (χ4v) is 3.88. The van der Waals surface area contributed by atoms with Crippen LogP contribution in [0.1, 0.15) is 12.5 Å². The summed E-state index contributed by atoms with van der Waals surface area (Å²) >= 11 is 0. The molecule has 0 bridgehead atoms. The maximum absolute atomic E-state index is 13.2. The zero-order valence-electron chi connectivity index (χ0n) is 14.7. The van der Waals surface area contributed by atoms with Gasteiger partial charge in [0.2, 0.25) is 0 Å². The minimum absolute atomic E-state index is 0.00979. The predicted octanol–water partition coefficient (Wildman–Crippen LogP) is 2.90. The second-order valence-corrected chi connectivity index (χ2v) is 7.29. The van der Waals surface area contributed by atoms with Crippen LogP contribution in [-0.4, -0.2) is 34.6 Å². The number of sulfonamides is 1. The molecule has 0 heterocycles. The molecule has 2 aromatic carbocycles. The van der Waals surface area contributed by atoms with Gasteiger partial charge >= 0.3 is 5.97 Å². The maximum atomic E-state index is 13.2. The lowest BCUT2D eigenvalue weighted by Crippen LogP contribution is -2.36. The number of hydrogen-bond donors (Lipinski definition) is 0. The first-order valence-electron chi connectivity index (χ1n) is 7.88. The number of esters is 1. The molecule has 2 aromatic rings. The van der Waals surface area contributed by atoms with Crippen LogP contribution >= 0.6 is 0 Å². The molecular formula is C18H20FNO5S. The van der Waals surface area contributed by atoms with Crippen LogP contribution < -0.4 is 9.04 Å². The van der Waals surface area contributed by atoms with E-state index in [0.29, 0.717) is 11.3 Å². The third-order valence-corrected chi connectivity index (χ3v) is 5.42. The number of halogens is 1. The summed E-state index contributed by atoms with van der Waals surface area (Å²) in [5.41, 5.74) is 0.789. The van der Waals surface area contributed by atoms with Crippen LogP contribution in [0.25, 0.3) is 0 Å². The molecule has 0 unspecified atom stereocenters. The minimum atomic E-state index is -4.07. The van der Waals surface area contributed by atoms with Crippen molar-refractivity contribution in [1.82, 2.24) is 0 Å². The zero-order chi connectivity index (χ0) is 19.3. The standard InChI is InChI=1S/C18H20FNO5S/c1-4-25-18(21)12-20(15-7-5-14(19)6-8-15)26(22,23)16-9-10-17(24-3)13(2)11-16/h5-11H,4,12H2,1-3H3. The number of carbonyl (C=O) groups excluding carboxylic acids is 1. The van der Waals surface area contributed by atoms with Crippen LogP contribution in [0.4, 0.5) is 10.1 Å². The van der Waals surface area contributed by atoms with Gasteiger partial charge in [0.1, 0.15) is 18.1 Å². The second kappa shape index (κ2) is 8.18. The van der Waals surface area contributed by atoms with E-state index in [0.717, 1.165) is 16.4 Å². The Balaban J connectivity index is 2.49. The summed E-state index contributed by atoms with van der Waals surface area (Å²) in [6, 6.07) is 9.23. The van der Waals surface area contributed by atoms with Gasteiger partial charge in [-0.3, -0.25) is 9.10 Å². The van der Waals surface area contributed by atoms with E-state index in [1.807, 2.05) is 0 Å². The average Bonchev–Trinajstić information content (AvgIpc) is 2.60. The molecule has 0 radical (unpaired) electrons. The molecule has 8 heteroatoms. The van der Waals surface area contributed by atoms with E-state index in [2.05, 4.69) is 0 Å². The highest BCUT2D eigenvalue weighted by molar-refractivity contribution is 7.92. The highest BCUT2D eigenvalue weighted by Crippen LogP contribution is 2.27. The van der Waals surface area contributed by atoms with Gasteiger partial charge in [-0.1, -0.05) is 0 Å². The van der Waals surface area contributed by atoms with Gasteiger partial charge in [0.05, 0.1) is 24.3 Å². The van der Waals surface area contributed by atoms with Gasteiger partial charge in [0.25, 0.3) is 10.0 Å². The molecule has 0 amide bonds. The molecule has 0 spiro atoms. The largest absolute Gasteiger partial charge is 0.496 e. The molecule has 0 aliphatic heterocycles. The van der Waals surface area contributed by atoms with E-state index in [-0.39, 0.29) is 17.2 Å². The molecule has 26 heavy (non-hydrogen) atoms. The van der Waals surface area contributed by atoms with Gasteiger partial charge in [-0.25, -0.2) is 12.8 Å². The van der Waals surface area contributed by atoms with Gasteiger partial charge < -0.3 is 9.47 Å². The van der Waals surface area contributed by atoms with Crippen LogP contribution in [-0.2, 0) is 19.6 Å². The Kier molecular flexibility index (Phi) is 6.20. The van der Waals surface area contributed by atoms with E-state index < -0.39 is 28.4 Å². The Morgan fingerprint density at radius 3 is 2.35 bits per heavy atom. The first-order chi connectivity index (χ1) is 12.3. The number of benzene rings is 2. The van der Waals surface area contributed by atoms with Crippen molar-refractivity contribution < 1.29 is 27.1 Å². The van der Waals surface area contributed by atoms with Crippen molar-refractivity contribution >= 4 is 21.7 Å². The fourth-order valence-electron chi connectivity index (χ4n) is 2.38. The Labute approximate surface area is 152 Å². The van der Waals surface area contributed by atoms with E-state index >= 15 is 0 Å². The lowest BCUT2D eigenvalue weighted by molar-refractivity contribution is -0.141. The number of hydrogen-bond acceptors (Lipinski definition) is 5. The molecule has 0 saturated heterocycles. The van der Waals surface area contributed by atoms with E-state index in [1.54, 1.807) is 13.8 Å². The molecule has 2 rings (SSSR count). The van der Waals surface area contributed by atoms with Crippen molar-refractivity contribution in [1.29, 1.82) is 0 Å². The molecular weight excluding hydrogens is 361 g/mol. The molecule has 0 fully saturated rings. The SMILES string of the molecule is CCOC(=O)CN(c1ccc(F)cc1)S(=O)(=O)c1ccc(OC)c(C)c1. The molecule has 0 aromatic heterocycles. The third-order valence-electron chi connectivity index (χ3n) is 3.65. The number of carbonyl (C=O) groups is 1. The summed E-state index contributed by atoms with van der Waals surface area (Å²) in [5.74, 6) is -0.671. The first kappa shape index (κ1) is 19.7. The molecule has 0 aliphatic rings. The molecule has 140 valence electrons. The highest BCUT2D eigenvalue weighted by Gasteiger charge is 2.28. The Hall–Kier alpha value is -2.61. The summed E-state index contributed by atoms with van der Waals surface area (Å²) < 4.78 is 50.3. The van der Waals surface area contributed by atoms with Crippen molar-refractivity contribution in [3.8, 4) is 5.75 Å². The minimum Gasteiger partial charge on any atom is -0.496 e. The van der Waals surface area contributed by atoms with E-state index in [1.165, 1.54) is 37.4 Å². The van der Waals surface area contributed by atoms with E-state index in [9.17, 15) is 17.6 Å². The van der Waals surface area contributed by atoms with Crippen LogP contribution in [0, 0.1) is 12.7 Å². The molecule has 0 N–H and O–H groups in total. The second-order valence-electron chi connectivity index (χ2n) is 5.42. The Bertz CT molecular complexity index is 881. The van der Waals surface area contributed by atoms with Gasteiger partial charge in [-0.05, 0) is 61.9 Å². The van der Waals surface area contributed by atoms with Crippen LogP contribution in [0.3, 0.4) is 0 Å². The monoisotopic (exact) mass is 381 g/mol. The molecule has 6 nitrogen and oxygen atoms in total. The lowest BCUT2D eigenvalue weighted by atomic mass is 10.2. The van der Waals surface area contributed by atoms with Gasteiger partial charge in [-0.15, -0.1) is 0 Å². The van der Waals surface area contributed by atoms with Crippen molar-refractivity contribution in [3.05, 3.63) is 53.8 Å². The number of methoxy groups -OCH3 is 1. The van der Waals surface area contributed by atoms with Crippen molar-refractivity contribution in [2.75, 3.05) is 24.6 Å². The molecule has 0 saturated carbocycles. The summed E-state index contributed by atoms with van der Waals surface area (Å²) in [7, 11) is -2.59. The maximum Gasteiger partial charge on any atom is 0.326 e. The van der Waals surface area contributed by atoms with Crippen molar-refractivity contribution in [2.24, 2.45) is 0 Å². The number of nitrogens with zero attached hydrogens (tertiary/aromatic N) is 1. The summed E-state index contributed by atoms with van der Waals surface area (Å²) in [4.78, 5) is 11.9. The number of rotatable bonds is 7. The fraction of sp³-hybridized carbons (Fsp3) is 0.278. The summed E-state index contributed by atoms with van der Waals surface area (Å²) in [6.07, 6.45) is 0. The normalized spacial score (nSPS) is 11.1. The smallest absolute Gasteiger partial charge is 0.326 e. The van der Waals surface area contributed by atoms with Gasteiger partial charge in [0, 0.05) is 0 Å². The van der Waals surface area contributed by atoms with Crippen molar-refractivity contribution in [3.63, 3.8) is 0 Å². The number of anilines is 1. The highest BCUT2D eigenvalue weighted by atomic mass is 32.2. The summed E-state index contributed by atoms with van der Waals surface area (Å²) in [6.45, 7) is 2.94. The predicted molar refractivity (Wildman–Crippen MR) is 95.3 cm³/mol.